The molecule has 0 aliphatic rings. The maximum atomic E-state index is 5.93. The second kappa shape index (κ2) is 6.47. The Morgan fingerprint density at radius 1 is 1.08 bits per heavy atom. The molecule has 0 aromatic rings. The average Bonchev–Trinajstić information content (AvgIpc) is 1.88. The van der Waals surface area contributed by atoms with E-state index in [2.05, 4.69) is 34.6 Å². The second-order valence-electron chi connectivity index (χ2n) is 4.35. The van der Waals surface area contributed by atoms with Crippen molar-refractivity contribution in [3.63, 3.8) is 0 Å². The number of rotatable bonds is 3. The zero-order chi connectivity index (χ0) is 10.4. The standard InChI is InChI=1S/C9H21N.C2H6/c1-7(2)6-8(3)9(4,5)10;1-2/h7-8H,6,10H2,1-5H3;1-2H3. The Morgan fingerprint density at radius 3 is 1.50 bits per heavy atom. The van der Waals surface area contributed by atoms with Gasteiger partial charge in [-0.3, -0.25) is 0 Å². The lowest BCUT2D eigenvalue weighted by Gasteiger charge is -2.28. The molecule has 1 atom stereocenters. The van der Waals surface area contributed by atoms with Gasteiger partial charge >= 0.3 is 0 Å². The summed E-state index contributed by atoms with van der Waals surface area (Å²) in [7, 11) is 0. The third kappa shape index (κ3) is 8.06. The first kappa shape index (κ1) is 14.5. The van der Waals surface area contributed by atoms with Gasteiger partial charge in [0.1, 0.15) is 0 Å². The topological polar surface area (TPSA) is 26.0 Å². The van der Waals surface area contributed by atoms with E-state index >= 15 is 0 Å². The second-order valence-corrected chi connectivity index (χ2v) is 4.35. The Labute approximate surface area is 78.7 Å². The van der Waals surface area contributed by atoms with Gasteiger partial charge in [-0.2, -0.15) is 0 Å². The highest BCUT2D eigenvalue weighted by Crippen LogP contribution is 2.20. The molecule has 0 saturated heterocycles. The first-order chi connectivity index (χ1) is 5.34. The molecule has 2 N–H and O–H groups in total. The largest absolute Gasteiger partial charge is 0.325 e. The molecule has 0 heterocycles. The van der Waals surface area contributed by atoms with E-state index < -0.39 is 0 Å². The van der Waals surface area contributed by atoms with Crippen molar-refractivity contribution in [3.8, 4) is 0 Å². The molecule has 0 bridgehead atoms. The summed E-state index contributed by atoms with van der Waals surface area (Å²) in [5, 5.41) is 0. The van der Waals surface area contributed by atoms with Crippen molar-refractivity contribution in [1.82, 2.24) is 0 Å². The van der Waals surface area contributed by atoms with Gasteiger partial charge < -0.3 is 5.73 Å². The van der Waals surface area contributed by atoms with Gasteiger partial charge in [0.2, 0.25) is 0 Å². The van der Waals surface area contributed by atoms with Crippen LogP contribution in [0.25, 0.3) is 0 Å². The van der Waals surface area contributed by atoms with Crippen LogP contribution in [0.1, 0.15) is 54.9 Å². The quantitative estimate of drug-likeness (QED) is 0.695. The molecule has 12 heavy (non-hydrogen) atoms. The zero-order valence-corrected chi connectivity index (χ0v) is 9.94. The Kier molecular flexibility index (Phi) is 7.81. The molecule has 0 aromatic heterocycles. The first-order valence-corrected chi connectivity index (χ1v) is 5.13. The molecule has 0 rings (SSSR count). The summed E-state index contributed by atoms with van der Waals surface area (Å²) < 4.78 is 0. The van der Waals surface area contributed by atoms with E-state index in [9.17, 15) is 0 Å². The lowest BCUT2D eigenvalue weighted by Crippen LogP contribution is -2.39. The molecule has 1 unspecified atom stereocenters. The average molecular weight is 173 g/mol. The fourth-order valence-electron chi connectivity index (χ4n) is 1.01. The summed E-state index contributed by atoms with van der Waals surface area (Å²) in [6.45, 7) is 14.9. The molecule has 0 aliphatic carbocycles. The van der Waals surface area contributed by atoms with Crippen LogP contribution >= 0.6 is 0 Å². The summed E-state index contributed by atoms with van der Waals surface area (Å²) in [4.78, 5) is 0. The van der Waals surface area contributed by atoms with Crippen molar-refractivity contribution >= 4 is 0 Å². The number of hydrogen-bond acceptors (Lipinski definition) is 1. The van der Waals surface area contributed by atoms with Crippen LogP contribution in [0.2, 0.25) is 0 Å². The lowest BCUT2D eigenvalue weighted by atomic mass is 9.84. The van der Waals surface area contributed by atoms with Crippen LogP contribution in [0.15, 0.2) is 0 Å². The van der Waals surface area contributed by atoms with Crippen LogP contribution in [0.5, 0.6) is 0 Å². The van der Waals surface area contributed by atoms with E-state index in [-0.39, 0.29) is 5.54 Å². The van der Waals surface area contributed by atoms with Crippen molar-refractivity contribution in [3.05, 3.63) is 0 Å². The van der Waals surface area contributed by atoms with Gasteiger partial charge in [0.05, 0.1) is 0 Å². The minimum absolute atomic E-state index is 0.00965. The molecule has 76 valence electrons. The highest BCUT2D eigenvalue weighted by molar-refractivity contribution is 4.79. The summed E-state index contributed by atoms with van der Waals surface area (Å²) >= 11 is 0. The third-order valence-electron chi connectivity index (χ3n) is 2.10. The summed E-state index contributed by atoms with van der Waals surface area (Å²) in [6.07, 6.45) is 1.23. The number of hydrogen-bond donors (Lipinski definition) is 1. The highest BCUT2D eigenvalue weighted by Gasteiger charge is 2.20. The van der Waals surface area contributed by atoms with Gasteiger partial charge in [-0.25, -0.2) is 0 Å². The maximum absolute atomic E-state index is 5.93. The summed E-state index contributed by atoms with van der Waals surface area (Å²) in [6, 6.07) is 0. The van der Waals surface area contributed by atoms with Crippen LogP contribution in [0, 0.1) is 11.8 Å². The van der Waals surface area contributed by atoms with Crippen molar-refractivity contribution < 1.29 is 0 Å². The summed E-state index contributed by atoms with van der Waals surface area (Å²) in [5.41, 5.74) is 5.92. The number of nitrogens with two attached hydrogens (primary N) is 1. The van der Waals surface area contributed by atoms with Crippen molar-refractivity contribution in [2.75, 3.05) is 0 Å². The molecule has 0 saturated carbocycles. The summed E-state index contributed by atoms with van der Waals surface area (Å²) in [5.74, 6) is 1.38. The van der Waals surface area contributed by atoms with E-state index in [4.69, 9.17) is 5.73 Å². The van der Waals surface area contributed by atoms with E-state index in [1.807, 2.05) is 13.8 Å². The van der Waals surface area contributed by atoms with Crippen molar-refractivity contribution in [2.45, 2.75) is 60.4 Å². The molecular formula is C11H27N. The molecular weight excluding hydrogens is 146 g/mol. The normalized spacial score (nSPS) is 13.8. The molecule has 1 heteroatoms. The highest BCUT2D eigenvalue weighted by atomic mass is 14.7. The Morgan fingerprint density at radius 2 is 1.42 bits per heavy atom. The van der Waals surface area contributed by atoms with Crippen molar-refractivity contribution in [2.24, 2.45) is 17.6 Å². The molecule has 0 aliphatic heterocycles. The molecule has 0 fully saturated rings. The van der Waals surface area contributed by atoms with Gasteiger partial charge in [0, 0.05) is 5.54 Å². The van der Waals surface area contributed by atoms with E-state index in [1.54, 1.807) is 0 Å². The minimum atomic E-state index is -0.00965. The van der Waals surface area contributed by atoms with Gasteiger partial charge in [-0.1, -0.05) is 34.6 Å². The van der Waals surface area contributed by atoms with Crippen LogP contribution in [0.3, 0.4) is 0 Å². The van der Waals surface area contributed by atoms with Gasteiger partial charge in [0.15, 0.2) is 0 Å². The smallest absolute Gasteiger partial charge is 0.0123 e. The predicted molar refractivity (Wildman–Crippen MR) is 58.2 cm³/mol. The van der Waals surface area contributed by atoms with Crippen LogP contribution in [0.4, 0.5) is 0 Å². The van der Waals surface area contributed by atoms with Gasteiger partial charge in [-0.05, 0) is 32.1 Å². The zero-order valence-electron chi connectivity index (χ0n) is 9.94. The minimum Gasteiger partial charge on any atom is -0.325 e. The van der Waals surface area contributed by atoms with Gasteiger partial charge in [0.25, 0.3) is 0 Å². The van der Waals surface area contributed by atoms with E-state index in [0.717, 1.165) is 5.92 Å². The van der Waals surface area contributed by atoms with E-state index in [0.29, 0.717) is 5.92 Å². The van der Waals surface area contributed by atoms with E-state index in [1.165, 1.54) is 6.42 Å². The molecule has 0 amide bonds. The predicted octanol–water partition coefficient (Wildman–Crippen LogP) is 3.43. The molecule has 0 aromatic carbocycles. The fourth-order valence-corrected chi connectivity index (χ4v) is 1.01. The molecule has 0 spiro atoms. The Balaban J connectivity index is 0. The molecule has 0 radical (unpaired) electrons. The SMILES string of the molecule is CC.CC(C)CC(C)C(C)(C)N. The Bertz CT molecular complexity index is 89.7. The van der Waals surface area contributed by atoms with Crippen LogP contribution in [-0.4, -0.2) is 5.54 Å². The van der Waals surface area contributed by atoms with Crippen LogP contribution < -0.4 is 5.73 Å². The monoisotopic (exact) mass is 173 g/mol. The maximum Gasteiger partial charge on any atom is 0.0123 e. The lowest BCUT2D eigenvalue weighted by molar-refractivity contribution is 0.294. The van der Waals surface area contributed by atoms with Crippen molar-refractivity contribution in [1.29, 1.82) is 0 Å². The first-order valence-electron chi connectivity index (χ1n) is 5.13. The molecule has 1 nitrogen and oxygen atoms in total. The third-order valence-corrected chi connectivity index (χ3v) is 2.10. The fraction of sp³-hybridized carbons (Fsp3) is 1.00. The Hall–Kier alpha value is -0.0400. The van der Waals surface area contributed by atoms with Crippen LogP contribution in [-0.2, 0) is 0 Å². The van der Waals surface area contributed by atoms with Gasteiger partial charge in [-0.15, -0.1) is 0 Å².